The van der Waals surface area contributed by atoms with Crippen LogP contribution in [0, 0.1) is 5.82 Å². The number of Topliss-reactive ketones (excluding diaryl/α,β-unsaturated/α-hetero) is 1. The van der Waals surface area contributed by atoms with E-state index in [0.717, 1.165) is 11.6 Å². The van der Waals surface area contributed by atoms with Crippen molar-refractivity contribution in [3.05, 3.63) is 119 Å². The highest BCUT2D eigenvalue weighted by molar-refractivity contribution is 6.46. The van der Waals surface area contributed by atoms with Gasteiger partial charge >= 0.3 is 0 Å². The zero-order chi connectivity index (χ0) is 28.2. The summed E-state index contributed by atoms with van der Waals surface area (Å²) in [6.45, 7) is 0.265. The molecule has 4 aromatic rings. The Kier molecular flexibility index (Phi) is 7.54. The summed E-state index contributed by atoms with van der Waals surface area (Å²) in [7, 11) is 2.80. The van der Waals surface area contributed by atoms with E-state index in [1.165, 1.54) is 37.5 Å². The molecule has 40 heavy (non-hydrogen) atoms. The molecule has 5 rings (SSSR count). The molecule has 0 spiro atoms. The van der Waals surface area contributed by atoms with E-state index < -0.39 is 29.3 Å². The van der Waals surface area contributed by atoms with Gasteiger partial charge in [0.1, 0.15) is 18.1 Å². The molecule has 0 bridgehead atoms. The summed E-state index contributed by atoms with van der Waals surface area (Å²) < 4.78 is 36.4. The summed E-state index contributed by atoms with van der Waals surface area (Å²) in [5, 5.41) is 11.3. The number of ether oxygens (including phenoxy) is 3. The predicted molar refractivity (Wildman–Crippen MR) is 143 cm³/mol. The number of aliphatic hydroxyl groups is 1. The molecular weight excluding hydrogens is 517 g/mol. The van der Waals surface area contributed by atoms with Crippen molar-refractivity contribution in [2.45, 2.75) is 19.2 Å². The lowest BCUT2D eigenvalue weighted by Crippen LogP contribution is -2.29. The Balaban J connectivity index is 1.58. The van der Waals surface area contributed by atoms with Crippen molar-refractivity contribution < 1.29 is 37.7 Å². The summed E-state index contributed by atoms with van der Waals surface area (Å²) in [5.74, 6) is -1.75. The van der Waals surface area contributed by atoms with E-state index in [1.54, 1.807) is 30.3 Å². The molecule has 204 valence electrons. The smallest absolute Gasteiger partial charge is 0.296 e. The molecule has 3 aromatic carbocycles. The van der Waals surface area contributed by atoms with Gasteiger partial charge in [-0.15, -0.1) is 0 Å². The highest BCUT2D eigenvalue weighted by Crippen LogP contribution is 2.43. The molecule has 0 radical (unpaired) electrons. The van der Waals surface area contributed by atoms with Gasteiger partial charge in [0.05, 0.1) is 38.6 Å². The zero-order valence-electron chi connectivity index (χ0n) is 21.8. The maximum absolute atomic E-state index is 14.5. The van der Waals surface area contributed by atoms with Gasteiger partial charge in [-0.3, -0.25) is 9.59 Å². The predicted octanol–water partition coefficient (Wildman–Crippen LogP) is 5.64. The van der Waals surface area contributed by atoms with Gasteiger partial charge in [-0.2, -0.15) is 0 Å². The molecule has 1 saturated heterocycles. The van der Waals surface area contributed by atoms with Crippen LogP contribution >= 0.6 is 0 Å². The third-order valence-corrected chi connectivity index (χ3v) is 6.61. The SMILES string of the molecule is COc1ccc(C(O)=C2C(=O)C(=O)N(Cc3ccco3)C2c2ccc(OCc3ccccc3)c(OC)c2)cc1F. The first kappa shape index (κ1) is 26.6. The summed E-state index contributed by atoms with van der Waals surface area (Å²) in [6, 6.07) is 20.7. The molecule has 0 saturated carbocycles. The monoisotopic (exact) mass is 543 g/mol. The van der Waals surface area contributed by atoms with Gasteiger partial charge in [0.25, 0.3) is 11.7 Å². The largest absolute Gasteiger partial charge is 0.507 e. The number of furan rings is 1. The summed E-state index contributed by atoms with van der Waals surface area (Å²) in [5.41, 5.74) is 1.27. The molecule has 1 atom stereocenters. The number of ketones is 1. The number of hydrogen-bond acceptors (Lipinski definition) is 7. The van der Waals surface area contributed by atoms with Crippen LogP contribution in [0.4, 0.5) is 4.39 Å². The van der Waals surface area contributed by atoms with E-state index in [0.29, 0.717) is 29.4 Å². The summed E-state index contributed by atoms with van der Waals surface area (Å²) >= 11 is 0. The Hall–Kier alpha value is -5.05. The lowest BCUT2D eigenvalue weighted by atomic mass is 9.95. The fourth-order valence-electron chi connectivity index (χ4n) is 4.64. The van der Waals surface area contributed by atoms with Gasteiger partial charge in [-0.05, 0) is 53.6 Å². The molecule has 1 fully saturated rings. The van der Waals surface area contributed by atoms with E-state index in [4.69, 9.17) is 18.6 Å². The highest BCUT2D eigenvalue weighted by Gasteiger charge is 2.46. The van der Waals surface area contributed by atoms with Crippen LogP contribution in [0.3, 0.4) is 0 Å². The molecule has 2 heterocycles. The Labute approximate surface area is 229 Å². The zero-order valence-corrected chi connectivity index (χ0v) is 21.8. The third kappa shape index (κ3) is 5.13. The van der Waals surface area contributed by atoms with Crippen molar-refractivity contribution in [2.75, 3.05) is 14.2 Å². The van der Waals surface area contributed by atoms with Gasteiger partial charge in [0, 0.05) is 5.56 Å². The van der Waals surface area contributed by atoms with Gasteiger partial charge in [-0.25, -0.2) is 4.39 Å². The minimum atomic E-state index is -1.02. The Bertz CT molecular complexity index is 1560. The van der Waals surface area contributed by atoms with E-state index in [1.807, 2.05) is 30.3 Å². The van der Waals surface area contributed by atoms with E-state index in [2.05, 4.69) is 0 Å². The first-order valence-corrected chi connectivity index (χ1v) is 12.4. The van der Waals surface area contributed by atoms with Crippen molar-refractivity contribution in [3.8, 4) is 17.2 Å². The number of rotatable bonds is 9. The number of hydrogen-bond donors (Lipinski definition) is 1. The first-order chi connectivity index (χ1) is 19.4. The van der Waals surface area contributed by atoms with Crippen molar-refractivity contribution >= 4 is 17.4 Å². The molecule has 1 amide bonds. The number of halogens is 1. The van der Waals surface area contributed by atoms with Crippen molar-refractivity contribution in [2.24, 2.45) is 0 Å². The van der Waals surface area contributed by atoms with Crippen LogP contribution in [0.5, 0.6) is 17.2 Å². The number of carbonyl (C=O) groups excluding carboxylic acids is 2. The Morgan fingerprint density at radius 2 is 1.68 bits per heavy atom. The second kappa shape index (κ2) is 11.4. The first-order valence-electron chi connectivity index (χ1n) is 12.4. The Morgan fingerprint density at radius 3 is 2.35 bits per heavy atom. The number of carbonyl (C=O) groups is 2. The maximum Gasteiger partial charge on any atom is 0.296 e. The molecule has 9 heteroatoms. The average Bonchev–Trinajstić information content (AvgIpc) is 3.58. The number of amides is 1. The molecular formula is C31H26FNO7. The molecule has 1 aliphatic heterocycles. The van der Waals surface area contributed by atoms with Crippen molar-refractivity contribution in [3.63, 3.8) is 0 Å². The van der Waals surface area contributed by atoms with Crippen molar-refractivity contribution in [1.82, 2.24) is 4.90 Å². The summed E-state index contributed by atoms with van der Waals surface area (Å²) in [6.07, 6.45) is 1.46. The van der Waals surface area contributed by atoms with Crippen LogP contribution in [-0.2, 0) is 22.7 Å². The minimum Gasteiger partial charge on any atom is -0.507 e. The second-order valence-corrected chi connectivity index (χ2v) is 9.04. The van der Waals surface area contributed by atoms with Crippen LogP contribution in [0.25, 0.3) is 5.76 Å². The van der Waals surface area contributed by atoms with E-state index >= 15 is 0 Å². The number of likely N-dealkylation sites (tertiary alicyclic amines) is 1. The van der Waals surface area contributed by atoms with Gasteiger partial charge in [-0.1, -0.05) is 36.4 Å². The van der Waals surface area contributed by atoms with Gasteiger partial charge in [0.15, 0.2) is 23.1 Å². The fraction of sp³-hybridized carbons (Fsp3) is 0.161. The number of aliphatic hydroxyl groups excluding tert-OH is 1. The quantitative estimate of drug-likeness (QED) is 0.166. The minimum absolute atomic E-state index is 0.0223. The van der Waals surface area contributed by atoms with Crippen LogP contribution < -0.4 is 14.2 Å². The van der Waals surface area contributed by atoms with Crippen molar-refractivity contribution in [1.29, 1.82) is 0 Å². The topological polar surface area (TPSA) is 98.4 Å². The van der Waals surface area contributed by atoms with Crippen LogP contribution in [0.15, 0.2) is 95.1 Å². The maximum atomic E-state index is 14.5. The van der Waals surface area contributed by atoms with E-state index in [9.17, 15) is 19.1 Å². The molecule has 0 aliphatic carbocycles. The number of benzene rings is 3. The highest BCUT2D eigenvalue weighted by atomic mass is 19.1. The number of nitrogens with zero attached hydrogens (tertiary/aromatic N) is 1. The van der Waals surface area contributed by atoms with Crippen LogP contribution in [-0.4, -0.2) is 35.9 Å². The third-order valence-electron chi connectivity index (χ3n) is 6.61. The second-order valence-electron chi connectivity index (χ2n) is 9.04. The Morgan fingerprint density at radius 1 is 0.925 bits per heavy atom. The summed E-state index contributed by atoms with van der Waals surface area (Å²) in [4.78, 5) is 27.9. The fourth-order valence-corrected chi connectivity index (χ4v) is 4.64. The molecule has 1 N–H and O–H groups in total. The molecule has 1 aliphatic rings. The molecule has 1 aromatic heterocycles. The average molecular weight is 544 g/mol. The van der Waals surface area contributed by atoms with Gasteiger partial charge in [0.2, 0.25) is 0 Å². The van der Waals surface area contributed by atoms with Gasteiger partial charge < -0.3 is 28.6 Å². The lowest BCUT2D eigenvalue weighted by Gasteiger charge is -2.25. The molecule has 1 unspecified atom stereocenters. The molecule has 8 nitrogen and oxygen atoms in total. The van der Waals surface area contributed by atoms with E-state index in [-0.39, 0.29) is 23.4 Å². The van der Waals surface area contributed by atoms with Crippen LogP contribution in [0.2, 0.25) is 0 Å². The lowest BCUT2D eigenvalue weighted by molar-refractivity contribution is -0.140. The van der Waals surface area contributed by atoms with Crippen LogP contribution in [0.1, 0.15) is 28.5 Å². The standard InChI is InChI=1S/C31H26FNO7/c1-37-24-12-11-21(15-23(24)32)29(34)27-28(33(31(36)30(27)35)17-22-9-6-14-39-22)20-10-13-25(26(16-20)38-2)40-18-19-7-4-3-5-8-19/h3-16,28,34H,17-18H2,1-2H3. The normalized spacial score (nSPS) is 16.3. The number of methoxy groups -OCH3 is 2.